The van der Waals surface area contributed by atoms with Crippen LogP contribution in [0.2, 0.25) is 0 Å². The highest BCUT2D eigenvalue weighted by Crippen LogP contribution is 2.28. The van der Waals surface area contributed by atoms with Gasteiger partial charge in [-0.3, -0.25) is 10.1 Å². The number of nitrogens with zero attached hydrogens (tertiary/aromatic N) is 3. The van der Waals surface area contributed by atoms with Crippen molar-refractivity contribution < 1.29 is 9.31 Å². The third-order valence-corrected chi connectivity index (χ3v) is 3.20. The van der Waals surface area contributed by atoms with Gasteiger partial charge >= 0.3 is 0 Å². The van der Waals surface area contributed by atoms with Crippen LogP contribution in [0.5, 0.6) is 0 Å². The fourth-order valence-electron chi connectivity index (χ4n) is 2.14. The number of hydrogen-bond donors (Lipinski definition) is 1. The van der Waals surface area contributed by atoms with Crippen molar-refractivity contribution in [1.82, 2.24) is 9.55 Å². The number of benzene rings is 1. The highest BCUT2D eigenvalue weighted by molar-refractivity contribution is 5.91. The minimum Gasteiger partial charge on any atom is -0.352 e. The summed E-state index contributed by atoms with van der Waals surface area (Å²) in [5.74, 6) is -0.676. The number of nitrogens with one attached hydrogen (secondary N) is 1. The molecule has 106 valence electrons. The van der Waals surface area contributed by atoms with Gasteiger partial charge in [-0.05, 0) is 18.2 Å². The van der Waals surface area contributed by atoms with Crippen LogP contribution in [0, 0.1) is 15.9 Å². The molecule has 3 aromatic rings. The second-order valence-corrected chi connectivity index (χ2v) is 4.57. The smallest absolute Gasteiger partial charge is 0.272 e. The second-order valence-electron chi connectivity index (χ2n) is 4.57. The van der Waals surface area contributed by atoms with Crippen molar-refractivity contribution >= 4 is 28.1 Å². The SMILES string of the molecule is Cn1ccc2c(Nc3ccc([N+](=O)[O-])cc3F)ccnc21. The van der Waals surface area contributed by atoms with Crippen LogP contribution < -0.4 is 5.32 Å². The van der Waals surface area contributed by atoms with Crippen molar-refractivity contribution in [3.05, 3.63) is 58.7 Å². The quantitative estimate of drug-likeness (QED) is 0.592. The first-order valence-corrected chi connectivity index (χ1v) is 6.17. The summed E-state index contributed by atoms with van der Waals surface area (Å²) >= 11 is 0. The van der Waals surface area contributed by atoms with E-state index < -0.39 is 10.7 Å². The predicted octanol–water partition coefficient (Wildman–Crippen LogP) is 3.36. The van der Waals surface area contributed by atoms with Crippen molar-refractivity contribution in [2.75, 3.05) is 5.32 Å². The highest BCUT2D eigenvalue weighted by atomic mass is 19.1. The van der Waals surface area contributed by atoms with Crippen LogP contribution in [-0.2, 0) is 7.05 Å². The Kier molecular flexibility index (Phi) is 3.02. The lowest BCUT2D eigenvalue weighted by molar-refractivity contribution is -0.385. The summed E-state index contributed by atoms with van der Waals surface area (Å²) in [4.78, 5) is 14.2. The molecule has 2 heterocycles. The third kappa shape index (κ3) is 2.29. The largest absolute Gasteiger partial charge is 0.352 e. The number of pyridine rings is 1. The number of nitro benzene ring substituents is 1. The molecule has 0 radical (unpaired) electrons. The van der Waals surface area contributed by atoms with E-state index in [1.807, 2.05) is 23.9 Å². The summed E-state index contributed by atoms with van der Waals surface area (Å²) in [7, 11) is 1.87. The zero-order chi connectivity index (χ0) is 15.0. The summed E-state index contributed by atoms with van der Waals surface area (Å²) in [6, 6.07) is 7.10. The molecule has 0 fully saturated rings. The minimum absolute atomic E-state index is 0.178. The number of hydrogen-bond acceptors (Lipinski definition) is 4. The average Bonchev–Trinajstić information content (AvgIpc) is 2.84. The van der Waals surface area contributed by atoms with E-state index in [4.69, 9.17) is 0 Å². The van der Waals surface area contributed by atoms with E-state index in [0.717, 1.165) is 17.1 Å². The van der Waals surface area contributed by atoms with Crippen LogP contribution in [0.4, 0.5) is 21.5 Å². The zero-order valence-electron chi connectivity index (χ0n) is 11.1. The van der Waals surface area contributed by atoms with Crippen molar-refractivity contribution in [3.63, 3.8) is 0 Å². The molecule has 1 aromatic carbocycles. The van der Waals surface area contributed by atoms with Crippen molar-refractivity contribution in [1.29, 1.82) is 0 Å². The first kappa shape index (κ1) is 13.0. The van der Waals surface area contributed by atoms with E-state index in [1.165, 1.54) is 12.1 Å². The lowest BCUT2D eigenvalue weighted by Crippen LogP contribution is -1.97. The van der Waals surface area contributed by atoms with Gasteiger partial charge in [0.25, 0.3) is 5.69 Å². The molecule has 0 amide bonds. The standard InChI is InChI=1S/C14H11FN4O2/c1-18-7-5-10-12(4-6-16-14(10)18)17-13-3-2-9(19(20)21)8-11(13)15/h2-8H,1H3,(H,16,17). The molecule has 0 aliphatic carbocycles. The van der Waals surface area contributed by atoms with Crippen molar-refractivity contribution in [2.45, 2.75) is 0 Å². The lowest BCUT2D eigenvalue weighted by Gasteiger charge is -2.08. The van der Waals surface area contributed by atoms with Crippen molar-refractivity contribution in [3.8, 4) is 0 Å². The van der Waals surface area contributed by atoms with Crippen molar-refractivity contribution in [2.24, 2.45) is 7.05 Å². The van der Waals surface area contributed by atoms with Crippen LogP contribution in [0.15, 0.2) is 42.7 Å². The predicted molar refractivity (Wildman–Crippen MR) is 77.1 cm³/mol. The fourth-order valence-corrected chi connectivity index (χ4v) is 2.14. The Hall–Kier alpha value is -2.96. The van der Waals surface area contributed by atoms with Gasteiger partial charge in [-0.25, -0.2) is 9.37 Å². The van der Waals surface area contributed by atoms with Crippen LogP contribution in [0.3, 0.4) is 0 Å². The van der Waals surface area contributed by atoms with Crippen LogP contribution in [0.1, 0.15) is 0 Å². The number of fused-ring (bicyclic) bond motifs is 1. The van der Waals surface area contributed by atoms with Gasteiger partial charge in [-0.15, -0.1) is 0 Å². The van der Waals surface area contributed by atoms with Gasteiger partial charge in [-0.1, -0.05) is 0 Å². The number of aromatic nitrogens is 2. The number of nitro groups is 1. The lowest BCUT2D eigenvalue weighted by atomic mass is 10.2. The number of aryl methyl sites for hydroxylation is 1. The zero-order valence-corrected chi connectivity index (χ0v) is 11.1. The third-order valence-electron chi connectivity index (χ3n) is 3.20. The fraction of sp³-hybridized carbons (Fsp3) is 0.0714. The molecule has 0 spiro atoms. The Labute approximate surface area is 119 Å². The maximum Gasteiger partial charge on any atom is 0.272 e. The summed E-state index contributed by atoms with van der Waals surface area (Å²) in [6.07, 6.45) is 3.48. The van der Waals surface area contributed by atoms with E-state index in [-0.39, 0.29) is 11.4 Å². The molecule has 21 heavy (non-hydrogen) atoms. The first-order chi connectivity index (χ1) is 10.1. The van der Waals surface area contributed by atoms with Gasteiger partial charge in [0.05, 0.1) is 22.4 Å². The number of rotatable bonds is 3. The minimum atomic E-state index is -0.676. The molecule has 2 aromatic heterocycles. The van der Waals surface area contributed by atoms with Gasteiger partial charge in [0.2, 0.25) is 0 Å². The number of anilines is 2. The summed E-state index contributed by atoms with van der Waals surface area (Å²) in [6.45, 7) is 0. The van der Waals surface area contributed by atoms with Crippen LogP contribution in [-0.4, -0.2) is 14.5 Å². The van der Waals surface area contributed by atoms with E-state index in [0.29, 0.717) is 5.69 Å². The van der Waals surface area contributed by atoms with E-state index in [1.54, 1.807) is 12.3 Å². The molecule has 7 heteroatoms. The monoisotopic (exact) mass is 286 g/mol. The molecule has 0 unspecified atom stereocenters. The summed E-state index contributed by atoms with van der Waals surface area (Å²) in [5, 5.41) is 14.4. The molecule has 0 aliphatic rings. The molecule has 0 atom stereocenters. The molecular formula is C14H11FN4O2. The van der Waals surface area contributed by atoms with Gasteiger partial charge in [0.1, 0.15) is 5.65 Å². The van der Waals surface area contributed by atoms with Gasteiger partial charge in [0, 0.05) is 30.9 Å². The molecule has 0 bridgehead atoms. The van der Waals surface area contributed by atoms with Crippen LogP contribution in [0.25, 0.3) is 11.0 Å². The molecule has 6 nitrogen and oxygen atoms in total. The molecule has 1 N–H and O–H groups in total. The second kappa shape index (κ2) is 4.86. The number of halogens is 1. The van der Waals surface area contributed by atoms with Gasteiger partial charge in [0.15, 0.2) is 5.82 Å². The maximum absolute atomic E-state index is 13.9. The Morgan fingerprint density at radius 2 is 2.10 bits per heavy atom. The van der Waals surface area contributed by atoms with Crippen LogP contribution >= 0.6 is 0 Å². The van der Waals surface area contributed by atoms with Gasteiger partial charge in [-0.2, -0.15) is 0 Å². The van der Waals surface area contributed by atoms with E-state index >= 15 is 0 Å². The topological polar surface area (TPSA) is 73.0 Å². The Morgan fingerprint density at radius 3 is 2.81 bits per heavy atom. The Bertz CT molecular complexity index is 844. The summed E-state index contributed by atoms with van der Waals surface area (Å²) in [5.41, 5.74) is 1.35. The maximum atomic E-state index is 13.9. The Balaban J connectivity index is 2.01. The van der Waals surface area contributed by atoms with E-state index in [2.05, 4.69) is 10.3 Å². The first-order valence-electron chi connectivity index (χ1n) is 6.17. The highest BCUT2D eigenvalue weighted by Gasteiger charge is 2.12. The average molecular weight is 286 g/mol. The Morgan fingerprint density at radius 1 is 1.29 bits per heavy atom. The molecule has 0 saturated heterocycles. The number of non-ortho nitro benzene ring substituents is 1. The molecular weight excluding hydrogens is 275 g/mol. The molecule has 0 saturated carbocycles. The molecule has 3 rings (SSSR count). The normalized spacial score (nSPS) is 10.8. The molecule has 0 aliphatic heterocycles. The van der Waals surface area contributed by atoms with E-state index in [9.17, 15) is 14.5 Å². The van der Waals surface area contributed by atoms with Gasteiger partial charge < -0.3 is 9.88 Å². The summed E-state index contributed by atoms with van der Waals surface area (Å²) < 4.78 is 15.8.